The Bertz CT molecular complexity index is 931. The molecule has 4 rings (SSSR count). The summed E-state index contributed by atoms with van der Waals surface area (Å²) >= 11 is 3.31. The maximum atomic E-state index is 12.4. The predicted octanol–water partition coefficient (Wildman–Crippen LogP) is 4.87. The van der Waals surface area contributed by atoms with Crippen LogP contribution >= 0.6 is 22.7 Å². The fourth-order valence-electron chi connectivity index (χ4n) is 3.44. The third-order valence-corrected chi connectivity index (χ3v) is 7.09. The van der Waals surface area contributed by atoms with E-state index in [1.54, 1.807) is 0 Å². The zero-order chi connectivity index (χ0) is 19.7. The van der Waals surface area contributed by atoms with Crippen molar-refractivity contribution in [3.05, 3.63) is 40.3 Å². The van der Waals surface area contributed by atoms with Crippen molar-refractivity contribution in [3.63, 3.8) is 0 Å². The number of nitrogens with one attached hydrogen (secondary N) is 1. The molecule has 2 aromatic heterocycles. The van der Waals surface area contributed by atoms with Gasteiger partial charge in [-0.2, -0.15) is 0 Å². The second-order valence-electron chi connectivity index (χ2n) is 8.41. The van der Waals surface area contributed by atoms with Crippen molar-refractivity contribution in [2.24, 2.45) is 0 Å². The highest BCUT2D eigenvalue weighted by Gasteiger charge is 2.25. The van der Waals surface area contributed by atoms with Crippen LogP contribution in [0.3, 0.4) is 0 Å². The van der Waals surface area contributed by atoms with Crippen LogP contribution < -0.4 is 5.32 Å². The molecule has 1 amide bonds. The summed E-state index contributed by atoms with van der Waals surface area (Å²) in [6.45, 7) is 8.67. The highest BCUT2D eigenvalue weighted by Crippen LogP contribution is 2.33. The largest absolute Gasteiger partial charge is 0.301 e. The average molecular weight is 415 g/mol. The summed E-state index contributed by atoms with van der Waals surface area (Å²) in [5.74, 6) is 0.526. The van der Waals surface area contributed by atoms with Gasteiger partial charge in [-0.1, -0.05) is 32.9 Å². The van der Waals surface area contributed by atoms with Gasteiger partial charge < -0.3 is 5.32 Å². The first-order chi connectivity index (χ1) is 13.4. The summed E-state index contributed by atoms with van der Waals surface area (Å²) in [5, 5.41) is 6.92. The molecule has 3 heterocycles. The van der Waals surface area contributed by atoms with Gasteiger partial charge in [-0.05, 0) is 38.1 Å². The maximum Gasteiger partial charge on any atom is 0.240 e. The number of nitrogens with zero attached hydrogens (tertiary/aromatic N) is 3. The standard InChI is InChI=1S/C21H26N4OS2/c1-21(2,3)17-13-27-20(23-17)24-18(26)12-25-10-8-14(9-11-25)19-22-15-6-4-5-7-16(15)28-19/h4-7,13-14H,8-12H2,1-3H3,(H,23,24,26). The van der Waals surface area contributed by atoms with E-state index in [9.17, 15) is 4.79 Å². The number of hydrogen-bond acceptors (Lipinski definition) is 6. The lowest BCUT2D eigenvalue weighted by atomic mass is 9.93. The van der Waals surface area contributed by atoms with E-state index < -0.39 is 0 Å². The van der Waals surface area contributed by atoms with Crippen LogP contribution in [0, 0.1) is 0 Å². The number of rotatable bonds is 4. The summed E-state index contributed by atoms with van der Waals surface area (Å²) in [4.78, 5) is 24.0. The monoisotopic (exact) mass is 414 g/mol. The first-order valence-electron chi connectivity index (χ1n) is 9.72. The van der Waals surface area contributed by atoms with E-state index in [1.807, 2.05) is 22.8 Å². The molecular weight excluding hydrogens is 388 g/mol. The number of anilines is 1. The number of para-hydroxylation sites is 1. The summed E-state index contributed by atoms with van der Waals surface area (Å²) in [5.41, 5.74) is 2.12. The molecule has 0 radical (unpaired) electrons. The molecule has 1 aliphatic heterocycles. The number of thiazole rings is 2. The van der Waals surface area contributed by atoms with Crippen molar-refractivity contribution < 1.29 is 4.79 Å². The molecule has 7 heteroatoms. The van der Waals surface area contributed by atoms with Crippen LogP contribution in [0.1, 0.15) is 50.2 Å². The Morgan fingerprint density at radius 3 is 2.64 bits per heavy atom. The van der Waals surface area contributed by atoms with E-state index in [0.717, 1.165) is 37.1 Å². The van der Waals surface area contributed by atoms with Gasteiger partial charge >= 0.3 is 0 Å². The van der Waals surface area contributed by atoms with Crippen LogP contribution in [0.15, 0.2) is 29.6 Å². The Hall–Kier alpha value is -1.83. The van der Waals surface area contributed by atoms with Gasteiger partial charge in [-0.25, -0.2) is 9.97 Å². The van der Waals surface area contributed by atoms with E-state index in [-0.39, 0.29) is 11.3 Å². The van der Waals surface area contributed by atoms with Gasteiger partial charge in [0.15, 0.2) is 5.13 Å². The molecule has 28 heavy (non-hydrogen) atoms. The molecular formula is C21H26N4OS2. The molecule has 1 fully saturated rings. The number of carbonyl (C=O) groups is 1. The van der Waals surface area contributed by atoms with Crippen molar-refractivity contribution in [2.75, 3.05) is 25.0 Å². The first-order valence-corrected chi connectivity index (χ1v) is 11.4. The topological polar surface area (TPSA) is 58.1 Å². The maximum absolute atomic E-state index is 12.4. The van der Waals surface area contributed by atoms with Crippen LogP contribution in [-0.4, -0.2) is 40.4 Å². The van der Waals surface area contributed by atoms with E-state index in [1.165, 1.54) is 21.0 Å². The van der Waals surface area contributed by atoms with Gasteiger partial charge in [0.2, 0.25) is 5.91 Å². The van der Waals surface area contributed by atoms with Crippen molar-refractivity contribution in [2.45, 2.75) is 44.9 Å². The molecule has 1 aromatic carbocycles. The third kappa shape index (κ3) is 4.42. The normalized spacial score (nSPS) is 16.5. The van der Waals surface area contributed by atoms with Crippen LogP contribution in [0.2, 0.25) is 0 Å². The minimum atomic E-state index is 0.00197. The molecule has 0 aliphatic carbocycles. The van der Waals surface area contributed by atoms with Gasteiger partial charge in [0.05, 0.1) is 27.5 Å². The van der Waals surface area contributed by atoms with Gasteiger partial charge in [0.1, 0.15) is 0 Å². The molecule has 1 N–H and O–H groups in total. The van der Waals surface area contributed by atoms with Crippen molar-refractivity contribution in [3.8, 4) is 0 Å². The van der Waals surface area contributed by atoms with Gasteiger partial charge in [-0.3, -0.25) is 9.69 Å². The number of aromatic nitrogens is 2. The lowest BCUT2D eigenvalue weighted by molar-refractivity contribution is -0.117. The second kappa shape index (κ2) is 7.89. The van der Waals surface area contributed by atoms with Crippen LogP contribution in [0.25, 0.3) is 10.2 Å². The first kappa shape index (κ1) is 19.5. The minimum absolute atomic E-state index is 0.00197. The minimum Gasteiger partial charge on any atom is -0.301 e. The Morgan fingerprint density at radius 2 is 1.96 bits per heavy atom. The molecule has 148 valence electrons. The molecule has 1 saturated heterocycles. The number of likely N-dealkylation sites (tertiary alicyclic amines) is 1. The zero-order valence-corrected chi connectivity index (χ0v) is 18.2. The van der Waals surface area contributed by atoms with Crippen molar-refractivity contribution in [1.29, 1.82) is 0 Å². The predicted molar refractivity (Wildman–Crippen MR) is 117 cm³/mol. The number of fused-ring (bicyclic) bond motifs is 1. The van der Waals surface area contributed by atoms with E-state index in [2.05, 4.69) is 54.2 Å². The summed E-state index contributed by atoms with van der Waals surface area (Å²) in [6, 6.07) is 8.33. The van der Waals surface area contributed by atoms with Crippen LogP contribution in [0.5, 0.6) is 0 Å². The summed E-state index contributed by atoms with van der Waals surface area (Å²) in [7, 11) is 0. The molecule has 5 nitrogen and oxygen atoms in total. The van der Waals surface area contributed by atoms with E-state index in [4.69, 9.17) is 4.98 Å². The van der Waals surface area contributed by atoms with Crippen LogP contribution in [0.4, 0.5) is 5.13 Å². The van der Waals surface area contributed by atoms with Gasteiger partial charge in [0, 0.05) is 16.7 Å². The van der Waals surface area contributed by atoms with Crippen LogP contribution in [-0.2, 0) is 10.2 Å². The molecule has 1 aliphatic rings. The van der Waals surface area contributed by atoms with E-state index >= 15 is 0 Å². The summed E-state index contributed by atoms with van der Waals surface area (Å²) in [6.07, 6.45) is 2.11. The quantitative estimate of drug-likeness (QED) is 0.662. The summed E-state index contributed by atoms with van der Waals surface area (Å²) < 4.78 is 1.26. The lowest BCUT2D eigenvalue weighted by Gasteiger charge is -2.30. The lowest BCUT2D eigenvalue weighted by Crippen LogP contribution is -2.38. The van der Waals surface area contributed by atoms with Crippen molar-refractivity contribution in [1.82, 2.24) is 14.9 Å². The number of piperidine rings is 1. The van der Waals surface area contributed by atoms with E-state index in [0.29, 0.717) is 17.6 Å². The molecule has 0 bridgehead atoms. The van der Waals surface area contributed by atoms with Gasteiger partial charge in [-0.15, -0.1) is 22.7 Å². The molecule has 0 saturated carbocycles. The molecule has 0 spiro atoms. The Kier molecular flexibility index (Phi) is 5.49. The third-order valence-electron chi connectivity index (χ3n) is 5.13. The SMILES string of the molecule is CC(C)(C)c1csc(NC(=O)CN2CCC(c3nc4ccccc4s3)CC2)n1. The smallest absolute Gasteiger partial charge is 0.240 e. The fourth-order valence-corrected chi connectivity index (χ4v) is 5.53. The Morgan fingerprint density at radius 1 is 1.21 bits per heavy atom. The molecule has 3 aromatic rings. The second-order valence-corrected chi connectivity index (χ2v) is 10.3. The molecule has 0 unspecified atom stereocenters. The molecule has 0 atom stereocenters. The fraction of sp³-hybridized carbons (Fsp3) is 0.476. The highest BCUT2D eigenvalue weighted by molar-refractivity contribution is 7.18. The average Bonchev–Trinajstić information content (AvgIpc) is 3.28. The zero-order valence-electron chi connectivity index (χ0n) is 16.6. The number of hydrogen-bond donors (Lipinski definition) is 1. The number of benzene rings is 1. The Balaban J connectivity index is 1.29. The number of carbonyl (C=O) groups excluding carboxylic acids is 1. The van der Waals surface area contributed by atoms with Crippen molar-refractivity contribution >= 4 is 43.9 Å². The highest BCUT2D eigenvalue weighted by atomic mass is 32.1. The van der Waals surface area contributed by atoms with Gasteiger partial charge in [0.25, 0.3) is 0 Å². The number of amides is 1. The Labute approximate surface area is 173 Å².